The van der Waals surface area contributed by atoms with Gasteiger partial charge in [0.05, 0.1) is 12.6 Å². The smallest absolute Gasteiger partial charge is 0.251 e. The second-order valence-corrected chi connectivity index (χ2v) is 7.18. The summed E-state index contributed by atoms with van der Waals surface area (Å²) in [6.45, 7) is 4.27. The minimum atomic E-state index is -0.326. The summed E-state index contributed by atoms with van der Waals surface area (Å²) in [7, 11) is 0. The number of rotatable bonds is 12. The lowest BCUT2D eigenvalue weighted by molar-refractivity contribution is -0.118. The van der Waals surface area contributed by atoms with Crippen LogP contribution in [0.2, 0.25) is 0 Å². The molecule has 1 amide bonds. The molecule has 154 valence electrons. The fourth-order valence-electron chi connectivity index (χ4n) is 3.36. The summed E-state index contributed by atoms with van der Waals surface area (Å²) in [5, 5.41) is 12.5. The van der Waals surface area contributed by atoms with Crippen LogP contribution in [0.5, 0.6) is 0 Å². The van der Waals surface area contributed by atoms with Crippen LogP contribution in [0.25, 0.3) is 0 Å². The van der Waals surface area contributed by atoms with Crippen LogP contribution < -0.4 is 11.1 Å². The van der Waals surface area contributed by atoms with Crippen molar-refractivity contribution in [3.63, 3.8) is 0 Å². The fourth-order valence-corrected chi connectivity index (χ4v) is 3.36. The maximum absolute atomic E-state index is 12.6. The van der Waals surface area contributed by atoms with Gasteiger partial charge in [0, 0.05) is 5.57 Å². The number of amides is 1. The van der Waals surface area contributed by atoms with Gasteiger partial charge in [-0.3, -0.25) is 4.79 Å². The summed E-state index contributed by atoms with van der Waals surface area (Å²) < 4.78 is 0. The van der Waals surface area contributed by atoms with Gasteiger partial charge in [0.1, 0.15) is 0 Å². The molecule has 4 N–H and O–H groups in total. The van der Waals surface area contributed by atoms with Crippen LogP contribution in [0.3, 0.4) is 0 Å². The van der Waals surface area contributed by atoms with Crippen LogP contribution in [0.1, 0.15) is 36.3 Å². The van der Waals surface area contributed by atoms with E-state index in [1.165, 1.54) is 5.56 Å². The number of allylic oxidation sites excluding steroid dienone is 1. The Morgan fingerprint density at radius 2 is 1.76 bits per heavy atom. The second-order valence-electron chi connectivity index (χ2n) is 7.18. The van der Waals surface area contributed by atoms with Gasteiger partial charge in [0.25, 0.3) is 5.91 Å². The average molecular weight is 393 g/mol. The maximum Gasteiger partial charge on any atom is 0.251 e. The van der Waals surface area contributed by atoms with E-state index in [0.717, 1.165) is 24.8 Å². The van der Waals surface area contributed by atoms with Gasteiger partial charge in [-0.05, 0) is 49.3 Å². The first-order valence-corrected chi connectivity index (χ1v) is 10.2. The number of hydrogen-bond donors (Lipinski definition) is 3. The highest BCUT2D eigenvalue weighted by Crippen LogP contribution is 2.21. The molecule has 0 saturated heterocycles. The zero-order valence-corrected chi connectivity index (χ0v) is 17.0. The van der Waals surface area contributed by atoms with E-state index in [9.17, 15) is 9.90 Å². The molecule has 2 aromatic carbocycles. The normalized spacial score (nSPS) is 13.5. The number of benzene rings is 2. The highest BCUT2D eigenvalue weighted by Gasteiger charge is 2.14. The Kier molecular flexibility index (Phi) is 9.90. The van der Waals surface area contributed by atoms with Crippen LogP contribution in [0, 0.1) is 0 Å². The molecule has 2 rings (SSSR count). The predicted molar refractivity (Wildman–Crippen MR) is 120 cm³/mol. The topological polar surface area (TPSA) is 75.4 Å². The summed E-state index contributed by atoms with van der Waals surface area (Å²) in [6, 6.07) is 19.8. The third-order valence-corrected chi connectivity index (χ3v) is 5.04. The van der Waals surface area contributed by atoms with Crippen molar-refractivity contribution in [3.8, 4) is 0 Å². The highest BCUT2D eigenvalue weighted by atomic mass is 16.3. The summed E-state index contributed by atoms with van der Waals surface area (Å²) in [5.41, 5.74) is 8.81. The number of nitrogens with one attached hydrogen (secondary N) is 1. The van der Waals surface area contributed by atoms with E-state index in [1.54, 1.807) is 6.08 Å². The average Bonchev–Trinajstić information content (AvgIpc) is 2.77. The van der Waals surface area contributed by atoms with Crippen LogP contribution >= 0.6 is 0 Å². The SMILES string of the molecule is C=C/C(=C\CCCC(CN)c1ccccc1)C(=O)N[C@H](CO)Cc1ccccc1. The lowest BCUT2D eigenvalue weighted by atomic mass is 9.93. The minimum Gasteiger partial charge on any atom is -0.394 e. The van der Waals surface area contributed by atoms with Crippen molar-refractivity contribution < 1.29 is 9.90 Å². The first-order valence-electron chi connectivity index (χ1n) is 10.2. The molecule has 0 radical (unpaired) electrons. The lowest BCUT2D eigenvalue weighted by Gasteiger charge is -2.17. The van der Waals surface area contributed by atoms with Gasteiger partial charge < -0.3 is 16.2 Å². The highest BCUT2D eigenvalue weighted by molar-refractivity contribution is 5.96. The van der Waals surface area contributed by atoms with Crippen molar-refractivity contribution in [1.29, 1.82) is 0 Å². The standard InChI is InChI=1S/C25H32N2O2/c1-2-21(13-9-10-16-23(18-26)22-14-7-4-8-15-22)25(29)27-24(19-28)17-20-11-5-3-6-12-20/h2-8,11-15,23-24,28H,1,9-10,16-19,26H2,(H,27,29)/b21-13+/t23?,24-/m0/s1. The van der Waals surface area contributed by atoms with Crippen molar-refractivity contribution in [2.24, 2.45) is 5.73 Å². The fraction of sp³-hybridized carbons (Fsp3) is 0.320. The maximum atomic E-state index is 12.6. The third-order valence-electron chi connectivity index (χ3n) is 5.04. The molecule has 4 nitrogen and oxygen atoms in total. The first kappa shape index (κ1) is 22.6. The number of aliphatic hydroxyl groups is 1. The molecule has 29 heavy (non-hydrogen) atoms. The van der Waals surface area contributed by atoms with Crippen molar-refractivity contribution in [1.82, 2.24) is 5.32 Å². The van der Waals surface area contributed by atoms with Crippen LogP contribution in [-0.4, -0.2) is 30.2 Å². The Balaban J connectivity index is 1.85. The lowest BCUT2D eigenvalue weighted by Crippen LogP contribution is -2.39. The summed E-state index contributed by atoms with van der Waals surface area (Å²) in [5.74, 6) is 0.128. The minimum absolute atomic E-state index is 0.111. The molecule has 0 heterocycles. The van der Waals surface area contributed by atoms with E-state index in [4.69, 9.17) is 5.73 Å². The zero-order valence-electron chi connectivity index (χ0n) is 17.0. The summed E-state index contributed by atoms with van der Waals surface area (Å²) >= 11 is 0. The molecule has 2 atom stereocenters. The van der Waals surface area contributed by atoms with Crippen LogP contribution in [-0.2, 0) is 11.2 Å². The van der Waals surface area contributed by atoms with Gasteiger partial charge in [-0.15, -0.1) is 0 Å². The van der Waals surface area contributed by atoms with Gasteiger partial charge in [0.2, 0.25) is 0 Å². The second kappa shape index (κ2) is 12.7. The molecular formula is C25H32N2O2. The molecule has 0 bridgehead atoms. The van der Waals surface area contributed by atoms with Gasteiger partial charge in [0.15, 0.2) is 0 Å². The molecule has 0 fully saturated rings. The van der Waals surface area contributed by atoms with E-state index in [1.807, 2.05) is 54.6 Å². The molecule has 0 aliphatic rings. The summed E-state index contributed by atoms with van der Waals surface area (Å²) in [4.78, 5) is 12.6. The Morgan fingerprint density at radius 1 is 1.10 bits per heavy atom. The van der Waals surface area contributed by atoms with Gasteiger partial charge in [-0.2, -0.15) is 0 Å². The Morgan fingerprint density at radius 3 is 2.34 bits per heavy atom. The van der Waals surface area contributed by atoms with Gasteiger partial charge in [-0.1, -0.05) is 79.4 Å². The quantitative estimate of drug-likeness (QED) is 0.293. The van der Waals surface area contributed by atoms with E-state index >= 15 is 0 Å². The third kappa shape index (κ3) is 7.68. The number of carbonyl (C=O) groups is 1. The van der Waals surface area contributed by atoms with Gasteiger partial charge >= 0.3 is 0 Å². The number of nitrogens with two attached hydrogens (primary N) is 1. The molecule has 0 aliphatic carbocycles. The van der Waals surface area contributed by atoms with E-state index in [0.29, 0.717) is 24.5 Å². The van der Waals surface area contributed by atoms with Crippen molar-refractivity contribution >= 4 is 5.91 Å². The van der Waals surface area contributed by atoms with Crippen molar-refractivity contribution in [3.05, 3.63) is 96.1 Å². The first-order chi connectivity index (χ1) is 14.2. The molecular weight excluding hydrogens is 360 g/mol. The molecule has 0 spiro atoms. The zero-order chi connectivity index (χ0) is 20.9. The van der Waals surface area contributed by atoms with Crippen molar-refractivity contribution in [2.45, 2.75) is 37.6 Å². The van der Waals surface area contributed by atoms with Gasteiger partial charge in [-0.25, -0.2) is 0 Å². The molecule has 1 unspecified atom stereocenters. The number of hydrogen-bond acceptors (Lipinski definition) is 3. The Labute approximate surface area is 174 Å². The van der Waals surface area contributed by atoms with Crippen LogP contribution in [0.4, 0.5) is 0 Å². The van der Waals surface area contributed by atoms with E-state index < -0.39 is 0 Å². The monoisotopic (exact) mass is 392 g/mol. The molecule has 4 heteroatoms. The largest absolute Gasteiger partial charge is 0.394 e. The number of unbranched alkanes of at least 4 members (excludes halogenated alkanes) is 1. The molecule has 2 aromatic rings. The Bertz CT molecular complexity index is 772. The Hall–Kier alpha value is -2.69. The molecule has 0 aromatic heterocycles. The van der Waals surface area contributed by atoms with Crippen molar-refractivity contribution in [2.75, 3.05) is 13.2 Å². The number of carbonyl (C=O) groups excluding carboxylic acids is 1. The van der Waals surface area contributed by atoms with E-state index in [-0.39, 0.29) is 18.6 Å². The molecule has 0 saturated carbocycles. The predicted octanol–water partition coefficient (Wildman–Crippen LogP) is 3.73. The molecule has 0 aliphatic heterocycles. The summed E-state index contributed by atoms with van der Waals surface area (Å²) in [6.07, 6.45) is 6.76. The van der Waals surface area contributed by atoms with E-state index in [2.05, 4.69) is 24.0 Å². The van der Waals surface area contributed by atoms with Crippen LogP contribution in [0.15, 0.2) is 85.0 Å². The number of aliphatic hydroxyl groups excluding tert-OH is 1.